The van der Waals surface area contributed by atoms with Gasteiger partial charge in [-0.15, -0.1) is 24.0 Å². The van der Waals surface area contributed by atoms with E-state index in [-0.39, 0.29) is 24.0 Å². The fourth-order valence-electron chi connectivity index (χ4n) is 3.36. The molecule has 4 nitrogen and oxygen atoms in total. The van der Waals surface area contributed by atoms with Gasteiger partial charge < -0.3 is 15.5 Å². The first-order chi connectivity index (χ1) is 11.7. The molecule has 0 atom stereocenters. The van der Waals surface area contributed by atoms with Gasteiger partial charge in [0, 0.05) is 36.2 Å². The molecule has 140 valence electrons. The molecule has 2 N–H and O–H groups in total. The molecular weight excluding hydrogens is 491 g/mol. The summed E-state index contributed by atoms with van der Waals surface area (Å²) in [6.45, 7) is 8.34. The van der Waals surface area contributed by atoms with Crippen LogP contribution in [0.3, 0.4) is 0 Å². The van der Waals surface area contributed by atoms with Crippen LogP contribution in [0, 0.1) is 6.92 Å². The summed E-state index contributed by atoms with van der Waals surface area (Å²) in [6.07, 6.45) is 5.26. The van der Waals surface area contributed by atoms with Gasteiger partial charge in [0.25, 0.3) is 0 Å². The van der Waals surface area contributed by atoms with Gasteiger partial charge in [0.05, 0.1) is 6.54 Å². The van der Waals surface area contributed by atoms with Crippen molar-refractivity contribution in [3.05, 3.63) is 33.8 Å². The first kappa shape index (κ1) is 21.0. The summed E-state index contributed by atoms with van der Waals surface area (Å²) in [5, 5.41) is 7.03. The van der Waals surface area contributed by atoms with Gasteiger partial charge in [0.2, 0.25) is 0 Å². The van der Waals surface area contributed by atoms with Crippen LogP contribution in [-0.4, -0.2) is 42.6 Å². The van der Waals surface area contributed by atoms with Gasteiger partial charge >= 0.3 is 0 Å². The molecule has 25 heavy (non-hydrogen) atoms. The monoisotopic (exact) mass is 520 g/mol. The van der Waals surface area contributed by atoms with E-state index in [4.69, 9.17) is 4.99 Å². The minimum Gasteiger partial charge on any atom is -0.357 e. The third kappa shape index (κ3) is 6.40. The lowest BCUT2D eigenvalue weighted by molar-refractivity contribution is 0.197. The molecular formula is C19H30BrIN4. The first-order valence-electron chi connectivity index (χ1n) is 9.19. The van der Waals surface area contributed by atoms with Crippen molar-refractivity contribution in [1.29, 1.82) is 0 Å². The van der Waals surface area contributed by atoms with E-state index in [9.17, 15) is 0 Å². The lowest BCUT2D eigenvalue weighted by atomic mass is 10.1. The Labute approximate surface area is 177 Å². The first-order valence-corrected chi connectivity index (χ1v) is 9.99. The second-order valence-corrected chi connectivity index (χ2v) is 7.87. The second-order valence-electron chi connectivity index (χ2n) is 6.95. The number of aliphatic imine (C=N–C) groups is 1. The van der Waals surface area contributed by atoms with Crippen LogP contribution in [0.5, 0.6) is 0 Å². The Kier molecular flexibility index (Phi) is 8.48. The summed E-state index contributed by atoms with van der Waals surface area (Å²) in [5.41, 5.74) is 2.56. The Balaban J connectivity index is 0.00000225. The zero-order valence-corrected chi connectivity index (χ0v) is 19.1. The summed E-state index contributed by atoms with van der Waals surface area (Å²) < 4.78 is 1.13. The lowest BCUT2D eigenvalue weighted by Crippen LogP contribution is -2.49. The van der Waals surface area contributed by atoms with Crippen LogP contribution in [0.4, 0.5) is 0 Å². The third-order valence-electron chi connectivity index (χ3n) is 4.99. The number of hydrogen-bond acceptors (Lipinski definition) is 2. The number of rotatable bonds is 5. The van der Waals surface area contributed by atoms with Crippen molar-refractivity contribution in [2.45, 2.75) is 58.2 Å². The van der Waals surface area contributed by atoms with Gasteiger partial charge in [-0.05, 0) is 62.8 Å². The Morgan fingerprint density at radius 1 is 1.24 bits per heavy atom. The van der Waals surface area contributed by atoms with Gasteiger partial charge in [-0.2, -0.15) is 0 Å². The van der Waals surface area contributed by atoms with E-state index in [0.717, 1.165) is 29.6 Å². The molecule has 2 aliphatic rings. The predicted molar refractivity (Wildman–Crippen MR) is 120 cm³/mol. The van der Waals surface area contributed by atoms with E-state index in [2.05, 4.69) is 63.5 Å². The molecule has 1 aliphatic carbocycles. The Morgan fingerprint density at radius 2 is 1.96 bits per heavy atom. The van der Waals surface area contributed by atoms with Crippen molar-refractivity contribution < 1.29 is 0 Å². The molecule has 3 rings (SSSR count). The highest BCUT2D eigenvalue weighted by molar-refractivity contribution is 14.0. The van der Waals surface area contributed by atoms with Crippen LogP contribution < -0.4 is 10.6 Å². The van der Waals surface area contributed by atoms with Crippen molar-refractivity contribution in [3.63, 3.8) is 0 Å². The average Bonchev–Trinajstić information content (AvgIpc) is 3.40. The molecule has 0 aromatic heterocycles. The molecule has 1 aromatic rings. The largest absolute Gasteiger partial charge is 0.357 e. The van der Waals surface area contributed by atoms with Crippen molar-refractivity contribution in [1.82, 2.24) is 15.5 Å². The Bertz CT molecular complexity index is 581. The lowest BCUT2D eigenvalue weighted by Gasteiger charge is -2.33. The van der Waals surface area contributed by atoms with E-state index < -0.39 is 0 Å². The highest BCUT2D eigenvalue weighted by atomic mass is 127. The van der Waals surface area contributed by atoms with E-state index in [1.807, 2.05) is 0 Å². The number of aryl methyl sites for hydroxylation is 1. The number of benzene rings is 1. The molecule has 0 bridgehead atoms. The topological polar surface area (TPSA) is 39.7 Å². The van der Waals surface area contributed by atoms with E-state index in [0.29, 0.717) is 6.04 Å². The fraction of sp³-hybridized carbons (Fsp3) is 0.632. The highest BCUT2D eigenvalue weighted by Crippen LogP contribution is 2.29. The molecule has 0 amide bonds. The molecule has 1 saturated carbocycles. The summed E-state index contributed by atoms with van der Waals surface area (Å²) in [5.74, 6) is 0.949. The minimum absolute atomic E-state index is 0. The number of hydrogen-bond donors (Lipinski definition) is 2. The van der Waals surface area contributed by atoms with Crippen molar-refractivity contribution in [3.8, 4) is 0 Å². The normalized spacial score (nSPS) is 19.4. The third-order valence-corrected chi connectivity index (χ3v) is 5.48. The van der Waals surface area contributed by atoms with Crippen LogP contribution in [0.1, 0.15) is 43.7 Å². The molecule has 1 aromatic carbocycles. The number of nitrogens with one attached hydrogen (secondary N) is 2. The summed E-state index contributed by atoms with van der Waals surface area (Å²) in [7, 11) is 0. The van der Waals surface area contributed by atoms with Crippen molar-refractivity contribution in [2.24, 2.45) is 4.99 Å². The maximum atomic E-state index is 4.80. The summed E-state index contributed by atoms with van der Waals surface area (Å²) >= 11 is 3.52. The van der Waals surface area contributed by atoms with Crippen LogP contribution in [0.25, 0.3) is 0 Å². The number of likely N-dealkylation sites (tertiary alicyclic amines) is 1. The number of guanidine groups is 1. The minimum atomic E-state index is 0. The maximum Gasteiger partial charge on any atom is 0.191 e. The van der Waals surface area contributed by atoms with Gasteiger partial charge in [0.15, 0.2) is 5.96 Å². The van der Waals surface area contributed by atoms with Crippen LogP contribution in [0.15, 0.2) is 27.7 Å². The summed E-state index contributed by atoms with van der Waals surface area (Å²) in [6, 6.07) is 7.84. The number of halogens is 2. The highest BCUT2D eigenvalue weighted by Gasteiger charge is 2.31. The zero-order valence-electron chi connectivity index (χ0n) is 15.2. The van der Waals surface area contributed by atoms with E-state index in [1.54, 1.807) is 0 Å². The van der Waals surface area contributed by atoms with Gasteiger partial charge in [0.1, 0.15) is 0 Å². The van der Waals surface area contributed by atoms with Gasteiger partial charge in [-0.25, -0.2) is 4.99 Å². The second kappa shape index (κ2) is 10.1. The Morgan fingerprint density at radius 3 is 2.56 bits per heavy atom. The number of piperidine rings is 1. The average molecular weight is 521 g/mol. The molecule has 0 radical (unpaired) electrons. The molecule has 1 saturated heterocycles. The number of nitrogens with zero attached hydrogens (tertiary/aromatic N) is 2. The van der Waals surface area contributed by atoms with E-state index in [1.165, 1.54) is 49.9 Å². The smallest absolute Gasteiger partial charge is 0.191 e. The molecule has 2 fully saturated rings. The van der Waals surface area contributed by atoms with Crippen molar-refractivity contribution in [2.75, 3.05) is 19.6 Å². The standard InChI is InChI=1S/C19H29BrN4.HI/c1-3-21-19(22-13-15-4-5-16(20)12-14(15)2)23-17-8-10-24(11-9-17)18-6-7-18;/h4-5,12,17-18H,3,6-11,13H2,1-2H3,(H2,21,22,23);1H. The van der Waals surface area contributed by atoms with Crippen LogP contribution >= 0.6 is 39.9 Å². The van der Waals surface area contributed by atoms with Gasteiger partial charge in [-0.1, -0.05) is 22.0 Å². The molecule has 0 spiro atoms. The predicted octanol–water partition coefficient (Wildman–Crippen LogP) is 4.06. The SMILES string of the molecule is CCNC(=NCc1ccc(Br)cc1C)NC1CCN(C2CC2)CC1.I. The quantitative estimate of drug-likeness (QED) is 0.349. The van der Waals surface area contributed by atoms with Crippen LogP contribution in [0.2, 0.25) is 0 Å². The van der Waals surface area contributed by atoms with Crippen molar-refractivity contribution >= 4 is 45.9 Å². The fourth-order valence-corrected chi connectivity index (χ4v) is 3.84. The summed E-state index contributed by atoms with van der Waals surface area (Å²) in [4.78, 5) is 7.46. The van der Waals surface area contributed by atoms with E-state index >= 15 is 0 Å². The van der Waals surface area contributed by atoms with Gasteiger partial charge in [-0.3, -0.25) is 0 Å². The Hall–Kier alpha value is -0.340. The zero-order chi connectivity index (χ0) is 16.9. The molecule has 0 unspecified atom stereocenters. The maximum absolute atomic E-state index is 4.80. The molecule has 6 heteroatoms. The molecule has 1 aliphatic heterocycles. The van der Waals surface area contributed by atoms with Crippen LogP contribution in [-0.2, 0) is 6.54 Å². The molecule has 1 heterocycles.